The average molecular weight is 255 g/mol. The second-order valence-electron chi connectivity index (χ2n) is 6.47. The van der Waals surface area contributed by atoms with Gasteiger partial charge in [0.15, 0.2) is 0 Å². The van der Waals surface area contributed by atoms with Crippen LogP contribution in [0.5, 0.6) is 0 Å². The van der Waals surface area contributed by atoms with Crippen molar-refractivity contribution in [2.75, 3.05) is 60.0 Å². The molecule has 2 heterocycles. The molecule has 0 spiro atoms. The van der Waals surface area contributed by atoms with Crippen molar-refractivity contribution >= 4 is 0 Å². The van der Waals surface area contributed by atoms with Crippen molar-refractivity contribution in [2.24, 2.45) is 17.1 Å². The number of rotatable bonds is 5. The zero-order chi connectivity index (χ0) is 13.0. The van der Waals surface area contributed by atoms with Gasteiger partial charge in [0.2, 0.25) is 0 Å². The van der Waals surface area contributed by atoms with Crippen LogP contribution in [-0.2, 0) is 4.74 Å². The summed E-state index contributed by atoms with van der Waals surface area (Å²) in [6.07, 6.45) is 3.72. The van der Waals surface area contributed by atoms with Gasteiger partial charge >= 0.3 is 0 Å². The van der Waals surface area contributed by atoms with Crippen LogP contribution in [-0.4, -0.2) is 69.8 Å². The van der Waals surface area contributed by atoms with Gasteiger partial charge in [0, 0.05) is 38.2 Å². The van der Waals surface area contributed by atoms with Gasteiger partial charge in [0.05, 0.1) is 6.61 Å². The normalized spacial score (nSPS) is 34.3. The smallest absolute Gasteiger partial charge is 0.0546 e. The lowest BCUT2D eigenvalue weighted by Crippen LogP contribution is -2.47. The Balaban J connectivity index is 1.79. The van der Waals surface area contributed by atoms with Crippen molar-refractivity contribution in [1.82, 2.24) is 9.80 Å². The lowest BCUT2D eigenvalue weighted by Gasteiger charge is -2.39. The molecular formula is C14H29N3O. The number of nitrogens with two attached hydrogens (primary N) is 1. The van der Waals surface area contributed by atoms with E-state index in [1.54, 1.807) is 0 Å². The summed E-state index contributed by atoms with van der Waals surface area (Å²) >= 11 is 0. The molecule has 0 aromatic carbocycles. The SMILES string of the molecule is CN1CCC(CN(C)CC2(CN)CCCOC2)C1. The van der Waals surface area contributed by atoms with E-state index in [1.165, 1.54) is 32.5 Å². The van der Waals surface area contributed by atoms with E-state index in [0.717, 1.165) is 38.6 Å². The lowest BCUT2D eigenvalue weighted by atomic mass is 9.82. The van der Waals surface area contributed by atoms with Crippen LogP contribution in [0.2, 0.25) is 0 Å². The van der Waals surface area contributed by atoms with Crippen molar-refractivity contribution in [3.63, 3.8) is 0 Å². The molecule has 4 heteroatoms. The van der Waals surface area contributed by atoms with E-state index in [0.29, 0.717) is 0 Å². The van der Waals surface area contributed by atoms with Gasteiger partial charge in [-0.05, 0) is 45.8 Å². The molecule has 0 radical (unpaired) electrons. The highest BCUT2D eigenvalue weighted by molar-refractivity contribution is 4.86. The van der Waals surface area contributed by atoms with Crippen LogP contribution in [0.15, 0.2) is 0 Å². The fourth-order valence-electron chi connectivity index (χ4n) is 3.51. The molecule has 0 saturated carbocycles. The van der Waals surface area contributed by atoms with Crippen LogP contribution in [0.25, 0.3) is 0 Å². The molecule has 0 aliphatic carbocycles. The molecule has 2 fully saturated rings. The molecular weight excluding hydrogens is 226 g/mol. The van der Waals surface area contributed by atoms with Crippen molar-refractivity contribution in [3.05, 3.63) is 0 Å². The molecule has 106 valence electrons. The summed E-state index contributed by atoms with van der Waals surface area (Å²) in [5.41, 5.74) is 6.21. The summed E-state index contributed by atoms with van der Waals surface area (Å²) in [6.45, 7) is 7.30. The Morgan fingerprint density at radius 1 is 1.50 bits per heavy atom. The summed E-state index contributed by atoms with van der Waals surface area (Å²) in [6, 6.07) is 0. The maximum Gasteiger partial charge on any atom is 0.0546 e. The Hall–Kier alpha value is -0.160. The van der Waals surface area contributed by atoms with Gasteiger partial charge in [-0.25, -0.2) is 0 Å². The highest BCUT2D eigenvalue weighted by atomic mass is 16.5. The second-order valence-corrected chi connectivity index (χ2v) is 6.47. The topological polar surface area (TPSA) is 41.7 Å². The average Bonchev–Trinajstić information content (AvgIpc) is 2.75. The standard InChI is InChI=1S/C14H29N3O/c1-16-6-4-13(8-16)9-17(2)11-14(10-15)5-3-7-18-12-14/h13H,3-12,15H2,1-2H3. The minimum atomic E-state index is 0.206. The Kier molecular flexibility index (Phi) is 5.01. The fraction of sp³-hybridized carbons (Fsp3) is 1.00. The Bertz CT molecular complexity index is 253. The van der Waals surface area contributed by atoms with Crippen LogP contribution < -0.4 is 5.73 Å². The monoisotopic (exact) mass is 255 g/mol. The molecule has 0 bridgehead atoms. The van der Waals surface area contributed by atoms with Crippen LogP contribution in [0.1, 0.15) is 19.3 Å². The van der Waals surface area contributed by atoms with Gasteiger partial charge in [-0.2, -0.15) is 0 Å². The largest absolute Gasteiger partial charge is 0.381 e. The minimum Gasteiger partial charge on any atom is -0.381 e. The summed E-state index contributed by atoms with van der Waals surface area (Å²) in [4.78, 5) is 4.91. The van der Waals surface area contributed by atoms with Crippen molar-refractivity contribution in [2.45, 2.75) is 19.3 Å². The van der Waals surface area contributed by atoms with E-state index < -0.39 is 0 Å². The third-order valence-electron chi connectivity index (χ3n) is 4.50. The Morgan fingerprint density at radius 2 is 2.33 bits per heavy atom. The van der Waals surface area contributed by atoms with Crippen LogP contribution in [0.4, 0.5) is 0 Å². The number of hydrogen-bond acceptors (Lipinski definition) is 4. The van der Waals surface area contributed by atoms with Gasteiger partial charge in [0.1, 0.15) is 0 Å². The molecule has 2 saturated heterocycles. The third-order valence-corrected chi connectivity index (χ3v) is 4.50. The van der Waals surface area contributed by atoms with Gasteiger partial charge < -0.3 is 20.3 Å². The first-order valence-corrected chi connectivity index (χ1v) is 7.28. The predicted molar refractivity (Wildman–Crippen MR) is 74.6 cm³/mol. The summed E-state index contributed by atoms with van der Waals surface area (Å²) in [5.74, 6) is 0.833. The van der Waals surface area contributed by atoms with Crippen molar-refractivity contribution in [3.8, 4) is 0 Å². The van der Waals surface area contributed by atoms with E-state index in [4.69, 9.17) is 10.5 Å². The summed E-state index contributed by atoms with van der Waals surface area (Å²) in [7, 11) is 4.46. The molecule has 2 aliphatic rings. The molecule has 0 aromatic rings. The molecule has 2 unspecified atom stereocenters. The van der Waals surface area contributed by atoms with Crippen molar-refractivity contribution < 1.29 is 4.74 Å². The first-order chi connectivity index (χ1) is 8.63. The van der Waals surface area contributed by atoms with Gasteiger partial charge in [-0.1, -0.05) is 0 Å². The van der Waals surface area contributed by atoms with Gasteiger partial charge in [-0.15, -0.1) is 0 Å². The number of likely N-dealkylation sites (tertiary alicyclic amines) is 1. The third kappa shape index (κ3) is 3.67. The molecule has 18 heavy (non-hydrogen) atoms. The predicted octanol–water partition coefficient (Wildman–Crippen LogP) is 0.625. The summed E-state index contributed by atoms with van der Waals surface area (Å²) < 4.78 is 5.65. The molecule has 2 N–H and O–H groups in total. The van der Waals surface area contributed by atoms with Crippen LogP contribution in [0, 0.1) is 11.3 Å². The first-order valence-electron chi connectivity index (χ1n) is 7.28. The van der Waals surface area contributed by atoms with Gasteiger partial charge in [0.25, 0.3) is 0 Å². The van der Waals surface area contributed by atoms with Gasteiger partial charge in [-0.3, -0.25) is 0 Å². The Labute approximate surface area is 111 Å². The molecule has 0 amide bonds. The molecule has 2 aliphatic heterocycles. The minimum absolute atomic E-state index is 0.206. The maximum atomic E-state index is 6.00. The number of nitrogens with zero attached hydrogens (tertiary/aromatic N) is 2. The van der Waals surface area contributed by atoms with E-state index in [9.17, 15) is 0 Å². The first kappa shape index (κ1) is 14.3. The Morgan fingerprint density at radius 3 is 2.89 bits per heavy atom. The molecule has 2 atom stereocenters. The zero-order valence-electron chi connectivity index (χ0n) is 12.0. The zero-order valence-corrected chi connectivity index (χ0v) is 12.0. The molecule has 0 aromatic heterocycles. The summed E-state index contributed by atoms with van der Waals surface area (Å²) in [5, 5.41) is 0. The second kappa shape index (κ2) is 6.33. The van der Waals surface area contributed by atoms with Crippen LogP contribution in [0.3, 0.4) is 0 Å². The highest BCUT2D eigenvalue weighted by Gasteiger charge is 2.33. The number of ether oxygens (including phenoxy) is 1. The molecule has 4 nitrogen and oxygen atoms in total. The molecule has 2 rings (SSSR count). The lowest BCUT2D eigenvalue weighted by molar-refractivity contribution is -0.0197. The highest BCUT2D eigenvalue weighted by Crippen LogP contribution is 2.28. The van der Waals surface area contributed by atoms with E-state index in [1.807, 2.05) is 0 Å². The quantitative estimate of drug-likeness (QED) is 0.782. The van der Waals surface area contributed by atoms with E-state index in [2.05, 4.69) is 23.9 Å². The van der Waals surface area contributed by atoms with Crippen molar-refractivity contribution in [1.29, 1.82) is 0 Å². The maximum absolute atomic E-state index is 6.00. The fourth-order valence-corrected chi connectivity index (χ4v) is 3.51. The number of hydrogen-bond donors (Lipinski definition) is 1. The van der Waals surface area contributed by atoms with E-state index in [-0.39, 0.29) is 5.41 Å². The van der Waals surface area contributed by atoms with Crippen LogP contribution >= 0.6 is 0 Å². The van der Waals surface area contributed by atoms with E-state index >= 15 is 0 Å².